The van der Waals surface area contributed by atoms with E-state index in [1.54, 1.807) is 13.8 Å². The molecule has 14 heavy (non-hydrogen) atoms. The minimum absolute atomic E-state index is 0.313. The molecule has 0 aromatic heterocycles. The molecule has 0 bridgehead atoms. The fourth-order valence-corrected chi connectivity index (χ4v) is 1.75. The normalized spacial score (nSPS) is 9.64. The highest BCUT2D eigenvalue weighted by Crippen LogP contribution is 2.46. The molecule has 0 saturated heterocycles. The maximum absolute atomic E-state index is 11.7. The molecule has 0 unspecified atom stereocenters. The quantitative estimate of drug-likeness (QED) is 0.533. The summed E-state index contributed by atoms with van der Waals surface area (Å²) in [5.41, 5.74) is 2.42. The van der Waals surface area contributed by atoms with Crippen molar-refractivity contribution in [3.63, 3.8) is 0 Å². The molecule has 0 spiro atoms. The van der Waals surface area contributed by atoms with E-state index in [1.807, 2.05) is 6.92 Å². The first-order valence-electron chi connectivity index (χ1n) is 4.57. The number of rotatable bonds is 4. The molecule has 0 saturated carbocycles. The van der Waals surface area contributed by atoms with Crippen molar-refractivity contribution < 1.29 is 13.6 Å². The molecule has 0 amide bonds. The summed E-state index contributed by atoms with van der Waals surface area (Å²) in [4.78, 5) is 0. The Morgan fingerprint density at radius 1 is 1.07 bits per heavy atom. The first-order chi connectivity index (χ1) is 6.68. The molecule has 0 aromatic carbocycles. The predicted octanol–water partition coefficient (Wildman–Crippen LogP) is 2.63. The summed E-state index contributed by atoms with van der Waals surface area (Å²) in [7, 11) is -3.22. The summed E-state index contributed by atoms with van der Waals surface area (Å²) < 4.78 is 21.6. The molecule has 0 aliphatic heterocycles. The van der Waals surface area contributed by atoms with E-state index in [0.717, 1.165) is 6.42 Å². The van der Waals surface area contributed by atoms with E-state index in [4.69, 9.17) is 9.05 Å². The standard InChI is InChI=1S/C10H15O3P/c1-4-7-8-9-10-14(11,12-5-2)13-6-3/h4-6H2,1-3H3. The zero-order valence-electron chi connectivity index (χ0n) is 8.79. The Labute approximate surface area is 85.7 Å². The van der Waals surface area contributed by atoms with Gasteiger partial charge in [-0.05, 0) is 25.7 Å². The zero-order valence-corrected chi connectivity index (χ0v) is 9.69. The average Bonchev–Trinajstić information content (AvgIpc) is 2.13. The van der Waals surface area contributed by atoms with Crippen LogP contribution in [0.2, 0.25) is 0 Å². The second-order valence-corrected chi connectivity index (χ2v) is 3.96. The van der Waals surface area contributed by atoms with Crippen molar-refractivity contribution in [2.24, 2.45) is 0 Å². The highest BCUT2D eigenvalue weighted by molar-refractivity contribution is 7.59. The Morgan fingerprint density at radius 2 is 1.64 bits per heavy atom. The fourth-order valence-electron chi connectivity index (χ4n) is 0.671. The van der Waals surface area contributed by atoms with Gasteiger partial charge in [-0.15, -0.1) is 0 Å². The van der Waals surface area contributed by atoms with Gasteiger partial charge in [0, 0.05) is 12.1 Å². The maximum atomic E-state index is 11.7. The van der Waals surface area contributed by atoms with Gasteiger partial charge in [0.05, 0.1) is 13.2 Å². The van der Waals surface area contributed by atoms with Crippen molar-refractivity contribution in [3.8, 4) is 23.4 Å². The second kappa shape index (κ2) is 7.65. The molecule has 0 aliphatic carbocycles. The minimum Gasteiger partial charge on any atom is -0.300 e. The van der Waals surface area contributed by atoms with Gasteiger partial charge in [0.2, 0.25) is 0 Å². The van der Waals surface area contributed by atoms with E-state index >= 15 is 0 Å². The summed E-state index contributed by atoms with van der Waals surface area (Å²) in [6.07, 6.45) is 0.724. The van der Waals surface area contributed by atoms with E-state index in [1.165, 1.54) is 0 Å². The Kier molecular flexibility index (Phi) is 7.25. The molecular formula is C10H15O3P. The summed E-state index contributed by atoms with van der Waals surface area (Å²) in [5.74, 6) is 7.79. The Hall–Kier alpha value is -0.730. The Balaban J connectivity index is 4.47. The maximum Gasteiger partial charge on any atom is 0.406 e. The van der Waals surface area contributed by atoms with Gasteiger partial charge in [0.1, 0.15) is 0 Å². The molecule has 0 heterocycles. The number of hydrogen-bond donors (Lipinski definition) is 0. The third-order valence-corrected chi connectivity index (χ3v) is 2.70. The van der Waals surface area contributed by atoms with Crippen LogP contribution in [0.25, 0.3) is 0 Å². The lowest BCUT2D eigenvalue weighted by Gasteiger charge is -2.08. The molecule has 3 nitrogen and oxygen atoms in total. The van der Waals surface area contributed by atoms with Crippen LogP contribution in [0.4, 0.5) is 0 Å². The van der Waals surface area contributed by atoms with E-state index in [0.29, 0.717) is 13.2 Å². The first-order valence-corrected chi connectivity index (χ1v) is 6.12. The van der Waals surface area contributed by atoms with Crippen LogP contribution < -0.4 is 0 Å². The van der Waals surface area contributed by atoms with Crippen LogP contribution in [0.15, 0.2) is 0 Å². The van der Waals surface area contributed by atoms with Crippen molar-refractivity contribution in [3.05, 3.63) is 0 Å². The summed E-state index contributed by atoms with van der Waals surface area (Å²) in [5, 5.41) is 0. The molecular weight excluding hydrogens is 199 g/mol. The van der Waals surface area contributed by atoms with Gasteiger partial charge in [-0.25, -0.2) is 4.57 Å². The van der Waals surface area contributed by atoms with Gasteiger partial charge in [-0.3, -0.25) is 9.05 Å². The molecule has 0 radical (unpaired) electrons. The molecule has 0 rings (SSSR count). The van der Waals surface area contributed by atoms with Crippen molar-refractivity contribution in [2.75, 3.05) is 13.2 Å². The van der Waals surface area contributed by atoms with Gasteiger partial charge >= 0.3 is 7.60 Å². The molecule has 0 aliphatic rings. The Morgan fingerprint density at radius 3 is 2.07 bits per heavy atom. The topological polar surface area (TPSA) is 35.5 Å². The Bertz CT molecular complexity index is 304. The second-order valence-electron chi connectivity index (χ2n) is 2.23. The van der Waals surface area contributed by atoms with Crippen molar-refractivity contribution in [1.29, 1.82) is 0 Å². The zero-order chi connectivity index (χ0) is 10.9. The van der Waals surface area contributed by atoms with Crippen LogP contribution in [0.5, 0.6) is 0 Å². The molecule has 0 atom stereocenters. The van der Waals surface area contributed by atoms with E-state index in [-0.39, 0.29) is 0 Å². The largest absolute Gasteiger partial charge is 0.406 e. The number of hydrogen-bond acceptors (Lipinski definition) is 3. The fraction of sp³-hybridized carbons (Fsp3) is 0.600. The van der Waals surface area contributed by atoms with Crippen LogP contribution in [-0.2, 0) is 13.6 Å². The smallest absolute Gasteiger partial charge is 0.300 e. The third-order valence-electron chi connectivity index (χ3n) is 1.12. The van der Waals surface area contributed by atoms with Crippen molar-refractivity contribution in [2.45, 2.75) is 27.2 Å². The lowest BCUT2D eigenvalue weighted by atomic mass is 10.5. The monoisotopic (exact) mass is 214 g/mol. The van der Waals surface area contributed by atoms with E-state index in [2.05, 4.69) is 23.4 Å². The van der Waals surface area contributed by atoms with Crippen molar-refractivity contribution >= 4 is 7.60 Å². The summed E-state index contributed by atoms with van der Waals surface area (Å²) >= 11 is 0. The predicted molar refractivity (Wildman–Crippen MR) is 56.7 cm³/mol. The van der Waals surface area contributed by atoms with Gasteiger partial charge in [-0.1, -0.05) is 12.8 Å². The lowest BCUT2D eigenvalue weighted by molar-refractivity contribution is 0.230. The minimum atomic E-state index is -3.22. The lowest BCUT2D eigenvalue weighted by Crippen LogP contribution is -1.92. The van der Waals surface area contributed by atoms with Crippen LogP contribution in [0.1, 0.15) is 27.2 Å². The van der Waals surface area contributed by atoms with Crippen LogP contribution in [0, 0.1) is 23.4 Å². The molecule has 0 fully saturated rings. The molecule has 0 N–H and O–H groups in total. The van der Waals surface area contributed by atoms with E-state index < -0.39 is 7.60 Å². The van der Waals surface area contributed by atoms with Crippen molar-refractivity contribution in [1.82, 2.24) is 0 Å². The van der Waals surface area contributed by atoms with Gasteiger partial charge in [0.15, 0.2) is 0 Å². The summed E-state index contributed by atoms with van der Waals surface area (Å²) in [6, 6.07) is 0. The highest BCUT2D eigenvalue weighted by Gasteiger charge is 2.19. The van der Waals surface area contributed by atoms with Gasteiger partial charge in [0.25, 0.3) is 0 Å². The molecule has 4 heteroatoms. The first kappa shape index (κ1) is 13.3. The van der Waals surface area contributed by atoms with Crippen LogP contribution >= 0.6 is 7.60 Å². The third kappa shape index (κ3) is 5.84. The van der Waals surface area contributed by atoms with Gasteiger partial charge < -0.3 is 0 Å². The van der Waals surface area contributed by atoms with Crippen LogP contribution in [0.3, 0.4) is 0 Å². The summed E-state index contributed by atoms with van der Waals surface area (Å²) in [6.45, 7) is 6.02. The average molecular weight is 214 g/mol. The SMILES string of the molecule is CCC#CC#CP(=O)(OCC)OCC. The molecule has 78 valence electrons. The highest BCUT2D eigenvalue weighted by atomic mass is 31.2. The molecule has 0 aromatic rings. The van der Waals surface area contributed by atoms with E-state index in [9.17, 15) is 4.57 Å². The van der Waals surface area contributed by atoms with Gasteiger partial charge in [-0.2, -0.15) is 0 Å². The van der Waals surface area contributed by atoms with Crippen LogP contribution in [-0.4, -0.2) is 13.2 Å².